The number of hydrogen-bond donors (Lipinski definition) is 1. The quantitative estimate of drug-likeness (QED) is 0.939. The lowest BCUT2D eigenvalue weighted by atomic mass is 10.1. The fourth-order valence-corrected chi connectivity index (χ4v) is 2.17. The molecule has 1 unspecified atom stereocenters. The van der Waals surface area contributed by atoms with E-state index in [4.69, 9.17) is 9.26 Å². The van der Waals surface area contributed by atoms with Gasteiger partial charge in [-0.2, -0.15) is 4.98 Å². The van der Waals surface area contributed by atoms with Crippen LogP contribution in [0.5, 0.6) is 0 Å². The van der Waals surface area contributed by atoms with Crippen molar-refractivity contribution in [2.75, 3.05) is 19.7 Å². The van der Waals surface area contributed by atoms with Crippen molar-refractivity contribution in [3.63, 3.8) is 0 Å². The molecule has 0 amide bonds. The van der Waals surface area contributed by atoms with Crippen LogP contribution in [0.1, 0.15) is 28.9 Å². The first kappa shape index (κ1) is 15.0. The predicted octanol–water partition coefficient (Wildman–Crippen LogP) is 2.05. The maximum absolute atomic E-state index is 5.59. The summed E-state index contributed by atoms with van der Waals surface area (Å²) in [5, 5.41) is 7.28. The van der Waals surface area contributed by atoms with Gasteiger partial charge in [-0.1, -0.05) is 29.4 Å². The molecule has 5 nitrogen and oxygen atoms in total. The highest BCUT2D eigenvalue weighted by Crippen LogP contribution is 2.18. The summed E-state index contributed by atoms with van der Waals surface area (Å²) in [7, 11) is 0. The van der Waals surface area contributed by atoms with E-state index in [2.05, 4.69) is 34.5 Å². The SMILES string of the molecule is Cc1ccccc1Cc1noc(C2CNCCO2)n1.Cl. The van der Waals surface area contributed by atoms with Gasteiger partial charge < -0.3 is 14.6 Å². The molecule has 1 aromatic carbocycles. The Morgan fingerprint density at radius 2 is 2.20 bits per heavy atom. The molecule has 1 saturated heterocycles. The van der Waals surface area contributed by atoms with E-state index in [1.807, 2.05) is 12.1 Å². The van der Waals surface area contributed by atoms with Gasteiger partial charge in [0.2, 0.25) is 0 Å². The van der Waals surface area contributed by atoms with Gasteiger partial charge in [-0.3, -0.25) is 0 Å². The molecular formula is C14H18ClN3O2. The van der Waals surface area contributed by atoms with Gasteiger partial charge in [-0.15, -0.1) is 12.4 Å². The fraction of sp³-hybridized carbons (Fsp3) is 0.429. The molecule has 6 heteroatoms. The first-order valence-electron chi connectivity index (χ1n) is 6.52. The van der Waals surface area contributed by atoms with Crippen molar-refractivity contribution in [3.8, 4) is 0 Å². The van der Waals surface area contributed by atoms with Crippen LogP contribution in [0.3, 0.4) is 0 Å². The Morgan fingerprint density at radius 1 is 1.35 bits per heavy atom. The van der Waals surface area contributed by atoms with Gasteiger partial charge in [0.05, 0.1) is 6.61 Å². The van der Waals surface area contributed by atoms with E-state index in [-0.39, 0.29) is 18.5 Å². The molecule has 1 fully saturated rings. The van der Waals surface area contributed by atoms with E-state index >= 15 is 0 Å². The number of halogens is 1. The highest BCUT2D eigenvalue weighted by molar-refractivity contribution is 5.85. The highest BCUT2D eigenvalue weighted by Gasteiger charge is 2.22. The van der Waals surface area contributed by atoms with Crippen molar-refractivity contribution in [1.82, 2.24) is 15.5 Å². The third kappa shape index (κ3) is 3.36. The van der Waals surface area contributed by atoms with Crippen LogP contribution >= 0.6 is 12.4 Å². The summed E-state index contributed by atoms with van der Waals surface area (Å²) in [6, 6.07) is 8.23. The Balaban J connectivity index is 0.00000147. The zero-order chi connectivity index (χ0) is 13.1. The van der Waals surface area contributed by atoms with Crippen molar-refractivity contribution in [3.05, 3.63) is 47.1 Å². The first-order chi connectivity index (χ1) is 9.33. The number of aryl methyl sites for hydroxylation is 1. The highest BCUT2D eigenvalue weighted by atomic mass is 35.5. The van der Waals surface area contributed by atoms with Crippen LogP contribution in [0, 0.1) is 6.92 Å². The van der Waals surface area contributed by atoms with E-state index in [1.54, 1.807) is 0 Å². The Labute approximate surface area is 124 Å². The number of rotatable bonds is 3. The first-order valence-corrected chi connectivity index (χ1v) is 6.52. The molecule has 1 atom stereocenters. The largest absolute Gasteiger partial charge is 0.366 e. The summed E-state index contributed by atoms with van der Waals surface area (Å²) in [5.41, 5.74) is 2.46. The molecule has 20 heavy (non-hydrogen) atoms. The van der Waals surface area contributed by atoms with E-state index in [0.29, 0.717) is 24.7 Å². The normalized spacial score (nSPS) is 18.6. The Kier molecular flexibility index (Phi) is 5.11. The maximum atomic E-state index is 5.59. The number of hydrogen-bond acceptors (Lipinski definition) is 5. The van der Waals surface area contributed by atoms with Crippen LogP contribution in [0.4, 0.5) is 0 Å². The van der Waals surface area contributed by atoms with Crippen LogP contribution in [0.15, 0.2) is 28.8 Å². The van der Waals surface area contributed by atoms with E-state index in [9.17, 15) is 0 Å². The second kappa shape index (κ2) is 6.83. The molecule has 1 aromatic heterocycles. The molecule has 2 aromatic rings. The number of nitrogens with one attached hydrogen (secondary N) is 1. The molecule has 0 saturated carbocycles. The van der Waals surface area contributed by atoms with Crippen LogP contribution in [0.25, 0.3) is 0 Å². The van der Waals surface area contributed by atoms with Gasteiger partial charge >= 0.3 is 0 Å². The molecule has 1 N–H and O–H groups in total. The number of ether oxygens (including phenoxy) is 1. The standard InChI is InChI=1S/C14H17N3O2.ClH/c1-10-4-2-3-5-11(10)8-13-16-14(19-17-13)12-9-15-6-7-18-12;/h2-5,12,15H,6-9H2,1H3;1H. The maximum Gasteiger partial charge on any atom is 0.257 e. The molecule has 1 aliphatic heterocycles. The van der Waals surface area contributed by atoms with Gasteiger partial charge in [-0.05, 0) is 18.1 Å². The van der Waals surface area contributed by atoms with Crippen molar-refractivity contribution < 1.29 is 9.26 Å². The Hall–Kier alpha value is -1.43. The van der Waals surface area contributed by atoms with Crippen molar-refractivity contribution in [2.24, 2.45) is 0 Å². The lowest BCUT2D eigenvalue weighted by Crippen LogP contribution is -2.33. The van der Waals surface area contributed by atoms with Crippen molar-refractivity contribution in [2.45, 2.75) is 19.4 Å². The second-order valence-electron chi connectivity index (χ2n) is 4.72. The van der Waals surface area contributed by atoms with Crippen LogP contribution in [-0.4, -0.2) is 29.8 Å². The molecule has 2 heterocycles. The minimum absolute atomic E-state index is 0. The summed E-state index contributed by atoms with van der Waals surface area (Å²) in [5.74, 6) is 1.27. The van der Waals surface area contributed by atoms with Crippen LogP contribution < -0.4 is 5.32 Å². The zero-order valence-corrected chi connectivity index (χ0v) is 12.2. The van der Waals surface area contributed by atoms with Gasteiger partial charge in [0.25, 0.3) is 5.89 Å². The van der Waals surface area contributed by atoms with Gasteiger partial charge in [0.1, 0.15) is 6.10 Å². The van der Waals surface area contributed by atoms with Gasteiger partial charge in [-0.25, -0.2) is 0 Å². The molecule has 0 spiro atoms. The van der Waals surface area contributed by atoms with Crippen LogP contribution in [0.2, 0.25) is 0 Å². The summed E-state index contributed by atoms with van der Waals surface area (Å²) >= 11 is 0. The van der Waals surface area contributed by atoms with E-state index in [1.165, 1.54) is 11.1 Å². The van der Waals surface area contributed by atoms with Gasteiger partial charge in [0.15, 0.2) is 5.82 Å². The summed E-state index contributed by atoms with van der Waals surface area (Å²) in [6.45, 7) is 4.37. The lowest BCUT2D eigenvalue weighted by molar-refractivity contribution is 0.00755. The monoisotopic (exact) mass is 295 g/mol. The number of benzene rings is 1. The minimum atomic E-state index is -0.119. The zero-order valence-electron chi connectivity index (χ0n) is 11.3. The number of morpholine rings is 1. The molecule has 1 aliphatic rings. The molecule has 0 radical (unpaired) electrons. The fourth-order valence-electron chi connectivity index (χ4n) is 2.17. The average molecular weight is 296 g/mol. The molecule has 0 bridgehead atoms. The van der Waals surface area contributed by atoms with E-state index in [0.717, 1.165) is 13.1 Å². The molecule has 0 aliphatic carbocycles. The predicted molar refractivity (Wildman–Crippen MR) is 77.1 cm³/mol. The topological polar surface area (TPSA) is 60.2 Å². The minimum Gasteiger partial charge on any atom is -0.366 e. The molecular weight excluding hydrogens is 278 g/mol. The Bertz CT molecular complexity index is 553. The molecule has 3 rings (SSSR count). The van der Waals surface area contributed by atoms with Crippen LogP contribution in [-0.2, 0) is 11.2 Å². The second-order valence-corrected chi connectivity index (χ2v) is 4.72. The summed E-state index contributed by atoms with van der Waals surface area (Å²) in [4.78, 5) is 4.43. The third-order valence-corrected chi connectivity index (χ3v) is 3.30. The number of nitrogens with zero attached hydrogens (tertiary/aromatic N) is 2. The number of aromatic nitrogens is 2. The lowest BCUT2D eigenvalue weighted by Gasteiger charge is -2.19. The summed E-state index contributed by atoms with van der Waals surface area (Å²) in [6.07, 6.45) is 0.572. The average Bonchev–Trinajstić information content (AvgIpc) is 2.91. The Morgan fingerprint density at radius 3 is 2.95 bits per heavy atom. The van der Waals surface area contributed by atoms with Crippen molar-refractivity contribution in [1.29, 1.82) is 0 Å². The van der Waals surface area contributed by atoms with E-state index < -0.39 is 0 Å². The summed E-state index contributed by atoms with van der Waals surface area (Å²) < 4.78 is 10.9. The van der Waals surface area contributed by atoms with Crippen molar-refractivity contribution >= 4 is 12.4 Å². The smallest absolute Gasteiger partial charge is 0.257 e. The van der Waals surface area contributed by atoms with Gasteiger partial charge in [0, 0.05) is 19.5 Å². The third-order valence-electron chi connectivity index (χ3n) is 3.30. The molecule has 108 valence electrons.